The van der Waals surface area contributed by atoms with Gasteiger partial charge >= 0.3 is 0 Å². The molecule has 0 unspecified atom stereocenters. The van der Waals surface area contributed by atoms with Crippen molar-refractivity contribution in [1.29, 1.82) is 0 Å². The Labute approximate surface area is 103 Å². The van der Waals surface area contributed by atoms with Crippen molar-refractivity contribution in [2.45, 2.75) is 6.42 Å². The lowest BCUT2D eigenvalue weighted by Gasteiger charge is -2.32. The van der Waals surface area contributed by atoms with Crippen molar-refractivity contribution in [3.8, 4) is 0 Å². The highest BCUT2D eigenvalue weighted by Crippen LogP contribution is 2.06. The van der Waals surface area contributed by atoms with Gasteiger partial charge in [0.05, 0.1) is 6.26 Å². The molecule has 0 atom stereocenters. The van der Waals surface area contributed by atoms with Crippen LogP contribution in [0.4, 0.5) is 0 Å². The summed E-state index contributed by atoms with van der Waals surface area (Å²) in [6, 6.07) is 0. The van der Waals surface area contributed by atoms with E-state index < -0.39 is 10.0 Å². The topological polar surface area (TPSA) is 40.6 Å². The summed E-state index contributed by atoms with van der Waals surface area (Å²) in [5.41, 5.74) is 0. The summed E-state index contributed by atoms with van der Waals surface area (Å²) >= 11 is 5.59. The highest BCUT2D eigenvalue weighted by atomic mass is 35.5. The van der Waals surface area contributed by atoms with Gasteiger partial charge in [0.1, 0.15) is 0 Å². The average Bonchev–Trinajstić information content (AvgIpc) is 2.14. The molecular weight excluding hydrogens is 259 g/mol. The van der Waals surface area contributed by atoms with Gasteiger partial charge in [-0.15, -0.1) is 24.0 Å². The smallest absolute Gasteiger partial charge is 0.211 e. The molecule has 0 saturated carbocycles. The van der Waals surface area contributed by atoms with Crippen LogP contribution in [0.2, 0.25) is 0 Å². The van der Waals surface area contributed by atoms with Crippen molar-refractivity contribution >= 4 is 34.0 Å². The zero-order chi connectivity index (χ0) is 10.6. The second-order valence-corrected chi connectivity index (χ2v) is 5.91. The minimum Gasteiger partial charge on any atom is -0.301 e. The van der Waals surface area contributed by atoms with Crippen molar-refractivity contribution < 1.29 is 8.42 Å². The molecule has 4 nitrogen and oxygen atoms in total. The van der Waals surface area contributed by atoms with Crippen molar-refractivity contribution in [2.24, 2.45) is 0 Å². The Hall–Kier alpha value is 0.450. The van der Waals surface area contributed by atoms with E-state index in [0.717, 1.165) is 26.1 Å². The number of hydrogen-bond acceptors (Lipinski definition) is 3. The number of sulfonamides is 1. The molecule has 0 amide bonds. The van der Waals surface area contributed by atoms with Crippen molar-refractivity contribution in [3.05, 3.63) is 0 Å². The molecule has 7 heteroatoms. The lowest BCUT2D eigenvalue weighted by Crippen LogP contribution is -2.48. The van der Waals surface area contributed by atoms with Gasteiger partial charge in [-0.3, -0.25) is 0 Å². The molecule has 1 rings (SSSR count). The molecule has 15 heavy (non-hydrogen) atoms. The summed E-state index contributed by atoms with van der Waals surface area (Å²) in [5.74, 6) is 0.673. The van der Waals surface area contributed by atoms with Gasteiger partial charge in [0, 0.05) is 32.1 Å². The fourth-order valence-electron chi connectivity index (χ4n) is 1.57. The maximum absolute atomic E-state index is 11.2. The third-order valence-corrected chi connectivity index (χ3v) is 3.98. The van der Waals surface area contributed by atoms with Gasteiger partial charge in [-0.25, -0.2) is 8.42 Å². The molecule has 92 valence electrons. The number of hydrogen-bond donors (Lipinski definition) is 0. The summed E-state index contributed by atoms with van der Waals surface area (Å²) in [6.45, 7) is 3.84. The lowest BCUT2D eigenvalue weighted by molar-refractivity contribution is 0.189. The first-order valence-corrected chi connectivity index (χ1v) is 7.16. The summed E-state index contributed by atoms with van der Waals surface area (Å²) < 4.78 is 23.9. The van der Waals surface area contributed by atoms with Crippen LogP contribution >= 0.6 is 24.0 Å². The Kier molecular flexibility index (Phi) is 7.12. The molecule has 0 N–H and O–H groups in total. The molecule has 1 fully saturated rings. The first-order chi connectivity index (χ1) is 6.54. The summed E-state index contributed by atoms with van der Waals surface area (Å²) in [6.07, 6.45) is 2.24. The van der Waals surface area contributed by atoms with Crippen molar-refractivity contribution in [1.82, 2.24) is 9.21 Å². The monoisotopic (exact) mass is 276 g/mol. The Morgan fingerprint density at radius 3 is 2.13 bits per heavy atom. The van der Waals surface area contributed by atoms with E-state index in [0.29, 0.717) is 19.0 Å². The standard InChI is InChI=1S/C8H17ClN2O2S.ClH/c1-14(12,13)11-7-5-10(6-8-11)4-2-3-9;/h2-8H2,1H3;1H. The van der Waals surface area contributed by atoms with Crippen molar-refractivity contribution in [3.63, 3.8) is 0 Å². The van der Waals surface area contributed by atoms with E-state index in [1.807, 2.05) is 0 Å². The highest BCUT2D eigenvalue weighted by Gasteiger charge is 2.22. The van der Waals surface area contributed by atoms with Gasteiger partial charge in [0.15, 0.2) is 0 Å². The quantitative estimate of drug-likeness (QED) is 0.707. The van der Waals surface area contributed by atoms with Gasteiger partial charge in [-0.05, 0) is 13.0 Å². The molecule has 0 aliphatic carbocycles. The second-order valence-electron chi connectivity index (χ2n) is 3.55. The van der Waals surface area contributed by atoms with Crippen molar-refractivity contribution in [2.75, 3.05) is 44.9 Å². The van der Waals surface area contributed by atoms with Crippen LogP contribution in [0, 0.1) is 0 Å². The maximum atomic E-state index is 11.2. The summed E-state index contributed by atoms with van der Waals surface area (Å²) in [4.78, 5) is 2.25. The molecule has 0 spiro atoms. The SMILES string of the molecule is CS(=O)(=O)N1CCN(CCCCl)CC1.Cl. The van der Waals surface area contributed by atoms with Gasteiger partial charge in [-0.2, -0.15) is 4.31 Å². The van der Waals surface area contributed by atoms with Crippen LogP contribution < -0.4 is 0 Å². The fourth-order valence-corrected chi connectivity index (χ4v) is 2.51. The maximum Gasteiger partial charge on any atom is 0.211 e. The normalized spacial score (nSPS) is 19.9. The van der Waals surface area contributed by atoms with Crippen LogP contribution in [0.5, 0.6) is 0 Å². The number of rotatable bonds is 4. The van der Waals surface area contributed by atoms with E-state index >= 15 is 0 Å². The summed E-state index contributed by atoms with van der Waals surface area (Å²) in [7, 11) is -2.99. The van der Waals surface area contributed by atoms with E-state index in [2.05, 4.69) is 4.90 Å². The largest absolute Gasteiger partial charge is 0.301 e. The van der Waals surface area contributed by atoms with Gasteiger partial charge in [0.25, 0.3) is 0 Å². The number of halogens is 2. The molecule has 0 aromatic carbocycles. The summed E-state index contributed by atoms with van der Waals surface area (Å²) in [5, 5.41) is 0. The lowest BCUT2D eigenvalue weighted by atomic mass is 10.3. The second kappa shape index (κ2) is 6.91. The Bertz CT molecular complexity index is 264. The first kappa shape index (κ1) is 15.4. The first-order valence-electron chi connectivity index (χ1n) is 4.77. The Balaban J connectivity index is 0.00000196. The van der Waals surface area contributed by atoms with Gasteiger partial charge in [0.2, 0.25) is 10.0 Å². The van der Waals surface area contributed by atoms with E-state index in [9.17, 15) is 8.42 Å². The average molecular weight is 277 g/mol. The molecular formula is C8H18Cl2N2O2S. The molecule has 1 heterocycles. The predicted molar refractivity (Wildman–Crippen MR) is 65.4 cm³/mol. The zero-order valence-electron chi connectivity index (χ0n) is 8.86. The molecule has 1 aliphatic heterocycles. The molecule has 1 saturated heterocycles. The minimum atomic E-state index is -2.99. The molecule has 1 aliphatic rings. The Morgan fingerprint density at radius 2 is 1.73 bits per heavy atom. The van der Waals surface area contributed by atoms with Crippen LogP contribution in [-0.2, 0) is 10.0 Å². The number of piperazine rings is 1. The number of nitrogens with zero attached hydrogens (tertiary/aromatic N) is 2. The molecule has 0 aromatic heterocycles. The zero-order valence-corrected chi connectivity index (χ0v) is 11.2. The molecule has 0 bridgehead atoms. The minimum absolute atomic E-state index is 0. The van der Waals surface area contributed by atoms with Gasteiger partial charge in [-0.1, -0.05) is 0 Å². The third kappa shape index (κ3) is 5.36. The van der Waals surface area contributed by atoms with Crippen LogP contribution in [-0.4, -0.2) is 62.5 Å². The third-order valence-electron chi connectivity index (χ3n) is 2.41. The predicted octanol–water partition coefficient (Wildman–Crippen LogP) is 0.614. The van der Waals surface area contributed by atoms with Gasteiger partial charge < -0.3 is 4.90 Å². The van der Waals surface area contributed by atoms with E-state index in [1.54, 1.807) is 0 Å². The van der Waals surface area contributed by atoms with Crippen LogP contribution in [0.3, 0.4) is 0 Å². The van der Waals surface area contributed by atoms with E-state index in [1.165, 1.54) is 10.6 Å². The highest BCUT2D eigenvalue weighted by molar-refractivity contribution is 7.88. The fraction of sp³-hybridized carbons (Fsp3) is 1.00. The van der Waals surface area contributed by atoms with Crippen LogP contribution in [0.1, 0.15) is 6.42 Å². The van der Waals surface area contributed by atoms with E-state index in [4.69, 9.17) is 11.6 Å². The van der Waals surface area contributed by atoms with E-state index in [-0.39, 0.29) is 12.4 Å². The number of alkyl halides is 1. The molecule has 0 aromatic rings. The van der Waals surface area contributed by atoms with Crippen LogP contribution in [0.25, 0.3) is 0 Å². The van der Waals surface area contributed by atoms with Crippen LogP contribution in [0.15, 0.2) is 0 Å². The molecule has 0 radical (unpaired) electrons. The Morgan fingerprint density at radius 1 is 1.20 bits per heavy atom.